The molecule has 0 saturated heterocycles. The molecule has 36 heavy (non-hydrogen) atoms. The Bertz CT molecular complexity index is 1610. The Kier molecular flexibility index (Phi) is 5.82. The highest BCUT2D eigenvalue weighted by Gasteiger charge is 2.33. The van der Waals surface area contributed by atoms with E-state index in [0.717, 1.165) is 6.07 Å². The molecule has 0 heterocycles. The van der Waals surface area contributed by atoms with Crippen molar-refractivity contribution in [2.24, 2.45) is 0 Å². The van der Waals surface area contributed by atoms with Crippen LogP contribution in [0.3, 0.4) is 0 Å². The maximum atomic E-state index is 15.4. The summed E-state index contributed by atoms with van der Waals surface area (Å²) in [6.45, 7) is 0. The fourth-order valence-corrected chi connectivity index (χ4v) is 4.57. The summed E-state index contributed by atoms with van der Waals surface area (Å²) in [5.41, 5.74) is -2.65. The zero-order chi connectivity index (χ0) is 25.7. The van der Waals surface area contributed by atoms with Crippen LogP contribution in [0.4, 0.5) is 30.7 Å². The molecule has 0 unspecified atom stereocenters. The van der Waals surface area contributed by atoms with E-state index in [9.17, 15) is 17.6 Å². The van der Waals surface area contributed by atoms with Crippen molar-refractivity contribution in [3.63, 3.8) is 0 Å². The molecule has 0 atom stereocenters. The first kappa shape index (κ1) is 23.7. The molecule has 0 bridgehead atoms. The van der Waals surface area contributed by atoms with Crippen LogP contribution in [0.1, 0.15) is 12.0 Å². The Morgan fingerprint density at radius 3 is 1.69 bits per heavy atom. The first-order valence-electron chi connectivity index (χ1n) is 10.7. The van der Waals surface area contributed by atoms with Gasteiger partial charge < -0.3 is 4.74 Å². The Hall–Kier alpha value is -4.07. The fourth-order valence-electron chi connectivity index (χ4n) is 4.57. The highest BCUT2D eigenvalue weighted by Crippen LogP contribution is 2.47. The smallest absolute Gasteiger partial charge is 0.269 e. The summed E-state index contributed by atoms with van der Waals surface area (Å²) in [7, 11) is 1.49. The van der Waals surface area contributed by atoms with E-state index in [1.54, 1.807) is 36.4 Å². The molecule has 0 spiro atoms. The van der Waals surface area contributed by atoms with Crippen molar-refractivity contribution < 1.29 is 35.5 Å². The topological polar surface area (TPSA) is 9.23 Å². The Labute approximate surface area is 200 Å². The molecule has 0 saturated carbocycles. The summed E-state index contributed by atoms with van der Waals surface area (Å²) in [5.74, 6) is -8.88. The summed E-state index contributed by atoms with van der Waals surface area (Å²) in [6, 6.07) is 16.9. The van der Waals surface area contributed by atoms with Gasteiger partial charge in [-0.15, -0.1) is 0 Å². The summed E-state index contributed by atoms with van der Waals surface area (Å²) < 4.78 is 106. The predicted molar refractivity (Wildman–Crippen MR) is 124 cm³/mol. The monoisotopic (exact) mass is 500 g/mol. The average molecular weight is 500 g/mol. The van der Waals surface area contributed by atoms with Gasteiger partial charge in [-0.1, -0.05) is 48.5 Å². The largest absolute Gasteiger partial charge is 0.497 e. The number of methoxy groups -OCH3 is 1. The van der Waals surface area contributed by atoms with E-state index < -0.39 is 52.2 Å². The van der Waals surface area contributed by atoms with Gasteiger partial charge in [0.1, 0.15) is 11.6 Å². The minimum absolute atomic E-state index is 0.0716. The van der Waals surface area contributed by atoms with Crippen molar-refractivity contribution in [2.45, 2.75) is 6.43 Å². The van der Waals surface area contributed by atoms with Gasteiger partial charge in [-0.05, 0) is 45.5 Å². The summed E-state index contributed by atoms with van der Waals surface area (Å²) in [5, 5.41) is 0.352. The van der Waals surface area contributed by atoms with E-state index >= 15 is 13.2 Å². The molecule has 0 aliphatic rings. The second kappa shape index (κ2) is 8.86. The average Bonchev–Trinajstić information content (AvgIpc) is 2.87. The van der Waals surface area contributed by atoms with Gasteiger partial charge in [-0.2, -0.15) is 0 Å². The van der Waals surface area contributed by atoms with Crippen LogP contribution < -0.4 is 4.74 Å². The van der Waals surface area contributed by atoms with Crippen LogP contribution in [-0.2, 0) is 0 Å². The predicted octanol–water partition coefficient (Wildman–Crippen LogP) is 8.97. The quantitative estimate of drug-likeness (QED) is 0.136. The number of benzene rings is 5. The lowest BCUT2D eigenvalue weighted by Gasteiger charge is -2.20. The van der Waals surface area contributed by atoms with Gasteiger partial charge in [0.2, 0.25) is 0 Å². The Morgan fingerprint density at radius 1 is 0.583 bits per heavy atom. The highest BCUT2D eigenvalue weighted by atomic mass is 19.3. The van der Waals surface area contributed by atoms with Gasteiger partial charge in [-0.3, -0.25) is 0 Å². The van der Waals surface area contributed by atoms with Crippen molar-refractivity contribution in [1.82, 2.24) is 0 Å². The van der Waals surface area contributed by atoms with Crippen LogP contribution in [0.5, 0.6) is 5.75 Å². The SMILES string of the molecule is COc1ccc(-c2c3ccccc3c(-c3c(F)c(F)c(C(F)F)c(F)c3F)c3c(F)cccc23)cc1. The van der Waals surface area contributed by atoms with E-state index in [2.05, 4.69) is 0 Å². The molecule has 5 aromatic carbocycles. The molecule has 0 fully saturated rings. The van der Waals surface area contributed by atoms with E-state index in [1.807, 2.05) is 0 Å². The fraction of sp³-hybridized carbons (Fsp3) is 0.0714. The minimum atomic E-state index is -3.80. The van der Waals surface area contributed by atoms with Crippen molar-refractivity contribution in [3.05, 3.63) is 101 Å². The van der Waals surface area contributed by atoms with E-state index in [4.69, 9.17) is 4.74 Å². The molecule has 5 aromatic rings. The van der Waals surface area contributed by atoms with Crippen molar-refractivity contribution in [2.75, 3.05) is 7.11 Å². The molecular weight excluding hydrogens is 485 g/mol. The lowest BCUT2D eigenvalue weighted by Crippen LogP contribution is -2.07. The number of hydrogen-bond donors (Lipinski definition) is 0. The Balaban J connectivity index is 2.00. The zero-order valence-corrected chi connectivity index (χ0v) is 18.5. The molecule has 1 nitrogen and oxygen atoms in total. The summed E-state index contributed by atoms with van der Waals surface area (Å²) in [6.07, 6.45) is -3.80. The molecule has 0 aliphatic heterocycles. The number of halogens is 7. The molecule has 0 radical (unpaired) electrons. The van der Waals surface area contributed by atoms with Crippen LogP contribution in [0, 0.1) is 29.1 Å². The summed E-state index contributed by atoms with van der Waals surface area (Å²) >= 11 is 0. The van der Waals surface area contributed by atoms with Gasteiger partial charge in [0.15, 0.2) is 23.3 Å². The molecule has 182 valence electrons. The number of hydrogen-bond acceptors (Lipinski definition) is 1. The van der Waals surface area contributed by atoms with Crippen LogP contribution in [0.25, 0.3) is 43.8 Å². The van der Waals surface area contributed by atoms with Crippen molar-refractivity contribution in [1.29, 1.82) is 0 Å². The Morgan fingerprint density at radius 2 is 1.14 bits per heavy atom. The lowest BCUT2D eigenvalue weighted by molar-refractivity contribution is 0.138. The number of fused-ring (bicyclic) bond motifs is 2. The second-order valence-corrected chi connectivity index (χ2v) is 8.03. The standard InChI is InChI=1S/C28H15F7O/c1-36-14-11-9-13(10-12-14)19-15-5-2-3-6-16(15)21(20-17(19)7-4-8-18(20)29)22-24(30)26(32)23(28(34)35)27(33)25(22)31/h2-12,28H,1H3. The third kappa shape index (κ3) is 3.47. The van der Waals surface area contributed by atoms with Gasteiger partial charge in [-0.25, -0.2) is 30.7 Å². The van der Waals surface area contributed by atoms with E-state index in [0.29, 0.717) is 22.3 Å². The third-order valence-electron chi connectivity index (χ3n) is 6.14. The molecular formula is C28H15F7O. The lowest BCUT2D eigenvalue weighted by atomic mass is 9.85. The van der Waals surface area contributed by atoms with E-state index in [-0.39, 0.29) is 16.2 Å². The zero-order valence-electron chi connectivity index (χ0n) is 18.5. The van der Waals surface area contributed by atoms with Crippen LogP contribution in [0.15, 0.2) is 66.7 Å². The van der Waals surface area contributed by atoms with Crippen LogP contribution in [0.2, 0.25) is 0 Å². The van der Waals surface area contributed by atoms with Crippen molar-refractivity contribution >= 4 is 21.5 Å². The van der Waals surface area contributed by atoms with E-state index in [1.165, 1.54) is 31.4 Å². The van der Waals surface area contributed by atoms with Crippen molar-refractivity contribution in [3.8, 4) is 28.0 Å². The molecule has 5 rings (SSSR count). The summed E-state index contributed by atoms with van der Waals surface area (Å²) in [4.78, 5) is 0. The minimum Gasteiger partial charge on any atom is -0.497 e. The van der Waals surface area contributed by atoms with Crippen LogP contribution >= 0.6 is 0 Å². The number of rotatable bonds is 4. The third-order valence-corrected chi connectivity index (χ3v) is 6.14. The molecule has 0 aliphatic carbocycles. The van der Waals surface area contributed by atoms with Gasteiger partial charge in [0.05, 0.1) is 18.2 Å². The molecule has 8 heteroatoms. The first-order valence-corrected chi connectivity index (χ1v) is 10.7. The maximum absolute atomic E-state index is 15.4. The van der Waals surface area contributed by atoms with Gasteiger partial charge in [0, 0.05) is 10.9 Å². The molecule has 0 N–H and O–H groups in total. The molecule has 0 amide bonds. The molecule has 0 aromatic heterocycles. The number of ether oxygens (including phenoxy) is 1. The highest BCUT2D eigenvalue weighted by molar-refractivity contribution is 6.21. The van der Waals surface area contributed by atoms with Gasteiger partial charge >= 0.3 is 0 Å². The van der Waals surface area contributed by atoms with Gasteiger partial charge in [0.25, 0.3) is 6.43 Å². The first-order chi connectivity index (χ1) is 17.3. The number of alkyl halides is 2. The second-order valence-electron chi connectivity index (χ2n) is 8.03. The maximum Gasteiger partial charge on any atom is 0.269 e. The van der Waals surface area contributed by atoms with Crippen LogP contribution in [-0.4, -0.2) is 7.11 Å². The normalized spacial score (nSPS) is 11.6.